The minimum absolute atomic E-state index is 0. The van der Waals surface area contributed by atoms with E-state index in [0.29, 0.717) is 18.3 Å². The molecule has 0 spiro atoms. The first-order valence-corrected chi connectivity index (χ1v) is 8.48. The predicted octanol–water partition coefficient (Wildman–Crippen LogP) is 2.71. The molecule has 2 heterocycles. The number of hydrogen-bond donors (Lipinski definition) is 3. The molecule has 6 nitrogen and oxygen atoms in total. The summed E-state index contributed by atoms with van der Waals surface area (Å²) in [6.45, 7) is 0.470. The van der Waals surface area contributed by atoms with Crippen molar-refractivity contribution >= 4 is 24.1 Å². The van der Waals surface area contributed by atoms with Crippen LogP contribution in [0, 0.1) is 0 Å². The molecule has 0 aromatic carbocycles. The molecule has 0 radical (unpaired) electrons. The number of hydrogen-bond acceptors (Lipinski definition) is 4. The van der Waals surface area contributed by atoms with Crippen LogP contribution in [0.15, 0.2) is 6.07 Å². The summed E-state index contributed by atoms with van der Waals surface area (Å²) in [6.07, 6.45) is 8.83. The first kappa shape index (κ1) is 18.2. The molecule has 7 heteroatoms. The van der Waals surface area contributed by atoms with Crippen LogP contribution in [-0.4, -0.2) is 34.9 Å². The minimum Gasteiger partial charge on any atom is -0.364 e. The second-order valence-electron chi connectivity index (χ2n) is 6.45. The van der Waals surface area contributed by atoms with E-state index in [1.54, 1.807) is 0 Å². The molecular formula is C16H27ClN4O2. The fraction of sp³-hybridized carbons (Fsp3) is 0.750. The second-order valence-corrected chi connectivity index (χ2v) is 6.45. The van der Waals surface area contributed by atoms with Crippen LogP contribution in [0.5, 0.6) is 0 Å². The molecule has 130 valence electrons. The molecule has 1 saturated carbocycles. The van der Waals surface area contributed by atoms with Gasteiger partial charge in [-0.15, -0.1) is 12.4 Å². The van der Waals surface area contributed by atoms with E-state index in [4.69, 9.17) is 10.5 Å². The van der Waals surface area contributed by atoms with Gasteiger partial charge >= 0.3 is 0 Å². The van der Waals surface area contributed by atoms with Gasteiger partial charge in [-0.3, -0.25) is 9.89 Å². The number of aromatic nitrogens is 2. The maximum absolute atomic E-state index is 12.2. The van der Waals surface area contributed by atoms with Crippen LogP contribution in [0.3, 0.4) is 0 Å². The normalized spacial score (nSPS) is 25.6. The number of ether oxygens (including phenoxy) is 1. The number of anilines is 1. The van der Waals surface area contributed by atoms with Crippen molar-refractivity contribution in [1.29, 1.82) is 0 Å². The summed E-state index contributed by atoms with van der Waals surface area (Å²) in [7, 11) is 0. The summed E-state index contributed by atoms with van der Waals surface area (Å²) in [5, 5.41) is 10.2. The van der Waals surface area contributed by atoms with E-state index in [2.05, 4.69) is 15.5 Å². The van der Waals surface area contributed by atoms with E-state index in [1.807, 2.05) is 6.07 Å². The van der Waals surface area contributed by atoms with Crippen LogP contribution in [0.25, 0.3) is 0 Å². The lowest BCUT2D eigenvalue weighted by Crippen LogP contribution is -2.29. The number of H-pyrrole nitrogens is 1. The zero-order valence-corrected chi connectivity index (χ0v) is 14.2. The number of aromatic amines is 1. The van der Waals surface area contributed by atoms with Crippen molar-refractivity contribution in [3.63, 3.8) is 0 Å². The summed E-state index contributed by atoms with van der Waals surface area (Å²) in [6, 6.07) is 1.98. The minimum atomic E-state index is -0.397. The van der Waals surface area contributed by atoms with Gasteiger partial charge in [0.15, 0.2) is 5.82 Å². The Bertz CT molecular complexity index is 500. The third kappa shape index (κ3) is 4.68. The van der Waals surface area contributed by atoms with Crippen LogP contribution < -0.4 is 11.1 Å². The highest BCUT2D eigenvalue weighted by Crippen LogP contribution is 2.31. The number of nitrogens with zero attached hydrogens (tertiary/aromatic N) is 1. The molecule has 1 amide bonds. The average Bonchev–Trinajstić information content (AvgIpc) is 3.11. The van der Waals surface area contributed by atoms with E-state index in [-0.39, 0.29) is 24.4 Å². The molecule has 2 aliphatic rings. The first-order valence-electron chi connectivity index (χ1n) is 8.48. The lowest BCUT2D eigenvalue weighted by atomic mass is 9.97. The van der Waals surface area contributed by atoms with Gasteiger partial charge in [0.25, 0.3) is 5.91 Å². The zero-order valence-electron chi connectivity index (χ0n) is 13.4. The van der Waals surface area contributed by atoms with E-state index in [9.17, 15) is 4.79 Å². The number of halogens is 1. The number of amides is 1. The Morgan fingerprint density at radius 2 is 2.00 bits per heavy atom. The first-order chi connectivity index (χ1) is 10.8. The Morgan fingerprint density at radius 1 is 1.26 bits per heavy atom. The third-order valence-electron chi connectivity index (χ3n) is 4.81. The van der Waals surface area contributed by atoms with Gasteiger partial charge in [-0.2, -0.15) is 5.10 Å². The Morgan fingerprint density at radius 3 is 2.65 bits per heavy atom. The Balaban J connectivity index is 0.00000192. The van der Waals surface area contributed by atoms with Gasteiger partial charge in [0.2, 0.25) is 0 Å². The highest BCUT2D eigenvalue weighted by molar-refractivity contribution is 5.93. The van der Waals surface area contributed by atoms with Crippen molar-refractivity contribution < 1.29 is 9.53 Å². The van der Waals surface area contributed by atoms with E-state index < -0.39 is 6.10 Å². The molecule has 23 heavy (non-hydrogen) atoms. The van der Waals surface area contributed by atoms with Crippen LogP contribution in [0.4, 0.5) is 5.82 Å². The number of carbonyl (C=O) groups is 1. The molecule has 2 atom stereocenters. The van der Waals surface area contributed by atoms with Gasteiger partial charge in [-0.25, -0.2) is 0 Å². The smallest absolute Gasteiger partial charge is 0.254 e. The van der Waals surface area contributed by atoms with Crippen molar-refractivity contribution in [1.82, 2.24) is 10.2 Å². The molecular weight excluding hydrogens is 316 g/mol. The SMILES string of the molecule is Cl.NC[C@H]1CC[C@@H](C(=O)Nc2cc(C3CCCCCC3)[nH]n2)O1. The Hall–Kier alpha value is -1.11. The van der Waals surface area contributed by atoms with Crippen LogP contribution in [-0.2, 0) is 9.53 Å². The Kier molecular flexibility index (Phi) is 6.87. The zero-order chi connectivity index (χ0) is 15.4. The van der Waals surface area contributed by atoms with Gasteiger partial charge in [0, 0.05) is 24.2 Å². The maximum Gasteiger partial charge on any atom is 0.254 e. The van der Waals surface area contributed by atoms with Gasteiger partial charge in [0.05, 0.1) is 6.10 Å². The Labute approximate surface area is 143 Å². The lowest BCUT2D eigenvalue weighted by Gasteiger charge is -2.11. The van der Waals surface area contributed by atoms with Crippen molar-refractivity contribution in [3.8, 4) is 0 Å². The molecule has 0 unspecified atom stereocenters. The molecule has 0 bridgehead atoms. The maximum atomic E-state index is 12.2. The van der Waals surface area contributed by atoms with Gasteiger partial charge in [0.1, 0.15) is 6.10 Å². The molecule has 1 saturated heterocycles. The third-order valence-corrected chi connectivity index (χ3v) is 4.81. The molecule has 1 aromatic rings. The van der Waals surface area contributed by atoms with Crippen molar-refractivity contribution in [3.05, 3.63) is 11.8 Å². The van der Waals surface area contributed by atoms with Gasteiger partial charge in [-0.05, 0) is 25.7 Å². The summed E-state index contributed by atoms with van der Waals surface area (Å²) < 4.78 is 5.61. The molecule has 1 aromatic heterocycles. The fourth-order valence-corrected chi connectivity index (χ4v) is 3.48. The number of carbonyl (C=O) groups excluding carboxylic acids is 1. The highest BCUT2D eigenvalue weighted by Gasteiger charge is 2.30. The summed E-state index contributed by atoms with van der Waals surface area (Å²) in [5.41, 5.74) is 6.72. The van der Waals surface area contributed by atoms with E-state index in [0.717, 1.165) is 18.5 Å². The fourth-order valence-electron chi connectivity index (χ4n) is 3.48. The van der Waals surface area contributed by atoms with Crippen molar-refractivity contribution in [2.45, 2.75) is 69.5 Å². The van der Waals surface area contributed by atoms with Crippen LogP contribution in [0.2, 0.25) is 0 Å². The van der Waals surface area contributed by atoms with Crippen LogP contribution in [0.1, 0.15) is 63.0 Å². The molecule has 4 N–H and O–H groups in total. The highest BCUT2D eigenvalue weighted by atomic mass is 35.5. The summed E-state index contributed by atoms with van der Waals surface area (Å²) in [5.74, 6) is 1.03. The van der Waals surface area contributed by atoms with Crippen molar-refractivity contribution in [2.75, 3.05) is 11.9 Å². The lowest BCUT2D eigenvalue weighted by molar-refractivity contribution is -0.126. The van der Waals surface area contributed by atoms with Gasteiger partial charge < -0.3 is 15.8 Å². The van der Waals surface area contributed by atoms with Gasteiger partial charge in [-0.1, -0.05) is 25.7 Å². The number of nitrogens with one attached hydrogen (secondary N) is 2. The summed E-state index contributed by atoms with van der Waals surface area (Å²) >= 11 is 0. The topological polar surface area (TPSA) is 93.0 Å². The quantitative estimate of drug-likeness (QED) is 0.733. The standard InChI is InChI=1S/C16H26N4O2.ClH/c17-10-12-7-8-14(22-12)16(21)18-15-9-13(19-20-15)11-5-3-1-2-4-6-11;/h9,11-12,14H,1-8,10,17H2,(H2,18,19,20,21);1H/t12-,14+;/m1./s1. The molecule has 3 rings (SSSR count). The molecule has 2 fully saturated rings. The van der Waals surface area contributed by atoms with Crippen LogP contribution >= 0.6 is 12.4 Å². The van der Waals surface area contributed by atoms with E-state index >= 15 is 0 Å². The average molecular weight is 343 g/mol. The van der Waals surface area contributed by atoms with E-state index in [1.165, 1.54) is 38.5 Å². The largest absolute Gasteiger partial charge is 0.364 e. The second kappa shape index (κ2) is 8.66. The molecule has 1 aliphatic carbocycles. The van der Waals surface area contributed by atoms with Crippen molar-refractivity contribution in [2.24, 2.45) is 5.73 Å². The monoisotopic (exact) mass is 342 g/mol. The number of nitrogens with two attached hydrogens (primary N) is 1. The number of rotatable bonds is 4. The summed E-state index contributed by atoms with van der Waals surface area (Å²) in [4.78, 5) is 12.2. The molecule has 1 aliphatic heterocycles. The predicted molar refractivity (Wildman–Crippen MR) is 91.9 cm³/mol.